The number of rotatable bonds is 9. The van der Waals surface area contributed by atoms with Gasteiger partial charge in [0, 0.05) is 43.4 Å². The number of anilines is 1. The molecule has 13 heteroatoms. The van der Waals surface area contributed by atoms with Crippen LogP contribution >= 0.6 is 0 Å². The van der Waals surface area contributed by atoms with E-state index in [0.717, 1.165) is 19.3 Å². The van der Waals surface area contributed by atoms with Crippen molar-refractivity contribution in [2.24, 2.45) is 17.6 Å². The van der Waals surface area contributed by atoms with Gasteiger partial charge in [-0.3, -0.25) is 19.3 Å². The predicted molar refractivity (Wildman–Crippen MR) is 156 cm³/mol. The molecule has 1 saturated carbocycles. The van der Waals surface area contributed by atoms with Crippen molar-refractivity contribution < 1.29 is 44.3 Å². The Morgan fingerprint density at radius 2 is 1.81 bits per heavy atom. The molecule has 234 valence electrons. The van der Waals surface area contributed by atoms with Crippen LogP contribution in [0.4, 0.5) is 10.5 Å². The summed E-state index contributed by atoms with van der Waals surface area (Å²) in [5, 5.41) is 48.2. The molecule has 0 spiro atoms. The van der Waals surface area contributed by atoms with E-state index in [1.54, 1.807) is 39.2 Å². The van der Waals surface area contributed by atoms with Gasteiger partial charge in [0.05, 0.1) is 18.2 Å². The fourth-order valence-electron chi connectivity index (χ4n) is 6.62. The summed E-state index contributed by atoms with van der Waals surface area (Å²) in [7, 11) is 6.63. The molecule has 7 N–H and O–H groups in total. The van der Waals surface area contributed by atoms with Crippen molar-refractivity contribution in [1.82, 2.24) is 10.2 Å². The maximum Gasteiger partial charge on any atom is 0.407 e. The van der Waals surface area contributed by atoms with Gasteiger partial charge in [0.25, 0.3) is 5.91 Å². The number of alkyl carbamates (subject to hydrolysis) is 1. The number of likely N-dealkylation sites (N-methyl/N-ethyl adjacent to an activating group) is 1. The van der Waals surface area contributed by atoms with Crippen LogP contribution in [0, 0.1) is 11.8 Å². The lowest BCUT2D eigenvalue weighted by Crippen LogP contribution is -2.65. The molecule has 4 rings (SSSR count). The van der Waals surface area contributed by atoms with Crippen LogP contribution in [-0.4, -0.2) is 95.3 Å². The predicted octanol–water partition coefficient (Wildman–Crippen LogP) is 1.45. The van der Waals surface area contributed by atoms with E-state index in [2.05, 4.69) is 5.32 Å². The number of Topliss-reactive ketones (excluding diaryl/α,β-unsaturated/α-hetero) is 2. The highest BCUT2D eigenvalue weighted by Crippen LogP contribution is 2.54. The van der Waals surface area contributed by atoms with Gasteiger partial charge in [-0.2, -0.15) is 0 Å². The van der Waals surface area contributed by atoms with E-state index in [1.807, 2.05) is 6.92 Å². The first-order valence-corrected chi connectivity index (χ1v) is 14.3. The van der Waals surface area contributed by atoms with Crippen molar-refractivity contribution in [2.45, 2.75) is 57.2 Å². The Morgan fingerprint density at radius 3 is 2.40 bits per heavy atom. The minimum absolute atomic E-state index is 0.00737. The fourth-order valence-corrected chi connectivity index (χ4v) is 6.62. The summed E-state index contributed by atoms with van der Waals surface area (Å²) in [6.07, 6.45) is 2.08. The summed E-state index contributed by atoms with van der Waals surface area (Å²) in [5.41, 5.74) is 2.89. The Morgan fingerprint density at radius 1 is 1.14 bits per heavy atom. The van der Waals surface area contributed by atoms with Gasteiger partial charge in [-0.25, -0.2) is 4.79 Å². The number of carbonyl (C=O) groups is 4. The number of carbonyl (C=O) groups excluding carboxylic acids is 4. The Labute approximate surface area is 249 Å². The lowest BCUT2D eigenvalue weighted by molar-refractivity contribution is -0.153. The smallest absolute Gasteiger partial charge is 0.407 e. The molecule has 13 nitrogen and oxygen atoms in total. The molecule has 0 unspecified atom stereocenters. The third kappa shape index (κ3) is 5.20. The number of phenols is 1. The van der Waals surface area contributed by atoms with Crippen molar-refractivity contribution in [2.75, 3.05) is 39.7 Å². The van der Waals surface area contributed by atoms with E-state index in [4.69, 9.17) is 10.5 Å². The second kappa shape index (κ2) is 11.9. The van der Waals surface area contributed by atoms with Crippen LogP contribution in [0.5, 0.6) is 5.75 Å². The van der Waals surface area contributed by atoms with Crippen LogP contribution in [0.1, 0.15) is 49.3 Å². The summed E-state index contributed by atoms with van der Waals surface area (Å²) in [4.78, 5) is 54.9. The van der Waals surface area contributed by atoms with E-state index in [-0.39, 0.29) is 48.4 Å². The van der Waals surface area contributed by atoms with Crippen molar-refractivity contribution in [3.63, 3.8) is 0 Å². The molecular formula is C30H40N4O9. The maximum absolute atomic E-state index is 14.1. The van der Waals surface area contributed by atoms with Crippen molar-refractivity contribution in [1.29, 1.82) is 0 Å². The van der Waals surface area contributed by atoms with Gasteiger partial charge in [-0.1, -0.05) is 19.8 Å². The van der Waals surface area contributed by atoms with Crippen LogP contribution in [0.2, 0.25) is 0 Å². The summed E-state index contributed by atoms with van der Waals surface area (Å²) in [6, 6.07) is 0.514. The number of aliphatic hydroxyl groups excluding tert-OH is 2. The number of aromatic hydroxyl groups is 1. The number of nitrogens with zero attached hydrogens (tertiary/aromatic N) is 2. The Kier molecular flexibility index (Phi) is 8.80. The van der Waals surface area contributed by atoms with E-state index in [0.29, 0.717) is 11.3 Å². The molecule has 1 aromatic rings. The number of amides is 2. The van der Waals surface area contributed by atoms with Gasteiger partial charge < -0.3 is 41.1 Å². The number of ether oxygens (including phenoxy) is 1. The molecule has 0 radical (unpaired) electrons. The monoisotopic (exact) mass is 600 g/mol. The first kappa shape index (κ1) is 31.8. The molecule has 3 aliphatic carbocycles. The topological polar surface area (TPSA) is 203 Å². The molecule has 0 saturated heterocycles. The Hall–Kier alpha value is -4.10. The number of hydrogen-bond acceptors (Lipinski definition) is 11. The third-order valence-electron chi connectivity index (χ3n) is 8.66. The number of nitrogens with one attached hydrogen (secondary N) is 1. The zero-order chi connectivity index (χ0) is 32.0. The van der Waals surface area contributed by atoms with E-state index in [1.165, 1.54) is 4.90 Å². The lowest BCUT2D eigenvalue weighted by atomic mass is 9.57. The van der Waals surface area contributed by atoms with Crippen LogP contribution < -0.4 is 16.0 Å². The number of aliphatic hydroxyl groups is 3. The van der Waals surface area contributed by atoms with Crippen LogP contribution in [-0.2, 0) is 32.1 Å². The average molecular weight is 601 g/mol. The number of fused-ring (bicyclic) bond motifs is 3. The zero-order valence-electron chi connectivity index (χ0n) is 25.1. The first-order chi connectivity index (χ1) is 20.2. The molecule has 0 bridgehead atoms. The minimum atomic E-state index is -2.72. The largest absolute Gasteiger partial charge is 0.508 e. The summed E-state index contributed by atoms with van der Waals surface area (Å²) < 4.78 is 5.17. The van der Waals surface area contributed by atoms with Crippen LogP contribution in [0.25, 0.3) is 5.76 Å². The number of phenolic OH excluding ortho intramolecular Hbond substituents is 1. The van der Waals surface area contributed by atoms with Gasteiger partial charge in [-0.15, -0.1) is 0 Å². The zero-order valence-corrected chi connectivity index (χ0v) is 25.1. The van der Waals surface area contributed by atoms with E-state index in [9.17, 15) is 39.6 Å². The normalized spacial score (nSPS) is 24.9. The molecule has 0 aromatic heterocycles. The van der Waals surface area contributed by atoms with Gasteiger partial charge in [0.15, 0.2) is 11.4 Å². The molecule has 0 heterocycles. The molecule has 1 aromatic carbocycles. The summed E-state index contributed by atoms with van der Waals surface area (Å²) in [5.74, 6) is -7.15. The first-order valence-electron chi connectivity index (χ1n) is 14.3. The fraction of sp³-hybridized carbons (Fsp3) is 0.533. The van der Waals surface area contributed by atoms with Crippen molar-refractivity contribution in [3.05, 3.63) is 39.7 Å². The molecule has 2 amide bonds. The van der Waals surface area contributed by atoms with Gasteiger partial charge in [-0.05, 0) is 50.9 Å². The standard InChI is InChI=1S/C30H40N4O9/c1-6-7-8-9-43-29(41)32-13-15-12-18(33(2)3)16-10-14-11-17-22(34(4)5)25(37)21(28(31)40)27(39)30(17,42)26(38)19(14)24(36)20(16)23(15)35/h12,14,17,22,35-36,39,42H,6-11,13H2,1-5H3,(H2,31,40)(H,32,41)/t14-,17-,22-,30-/m1/s1. The minimum Gasteiger partial charge on any atom is -0.508 e. The van der Waals surface area contributed by atoms with Crippen molar-refractivity contribution in [3.8, 4) is 5.75 Å². The highest BCUT2D eigenvalue weighted by molar-refractivity contribution is 6.24. The summed E-state index contributed by atoms with van der Waals surface area (Å²) >= 11 is 0. The van der Waals surface area contributed by atoms with Crippen LogP contribution in [0.3, 0.4) is 0 Å². The molecule has 3 aliphatic rings. The molecule has 4 atom stereocenters. The number of benzene rings is 1. The Bertz CT molecular complexity index is 1430. The number of nitrogens with two attached hydrogens (primary N) is 1. The van der Waals surface area contributed by atoms with E-state index >= 15 is 0 Å². The third-order valence-corrected chi connectivity index (χ3v) is 8.66. The van der Waals surface area contributed by atoms with Gasteiger partial charge in [0.1, 0.15) is 22.8 Å². The molecule has 0 aliphatic heterocycles. The van der Waals surface area contributed by atoms with E-state index < -0.39 is 64.1 Å². The lowest BCUT2D eigenvalue weighted by Gasteiger charge is -2.50. The number of primary amides is 1. The second-order valence-electron chi connectivity index (χ2n) is 11.8. The second-order valence-corrected chi connectivity index (χ2v) is 11.8. The molecule has 1 fully saturated rings. The molecule has 43 heavy (non-hydrogen) atoms. The number of unbranched alkanes of at least 4 members (excludes halogenated alkanes) is 2. The van der Waals surface area contributed by atoms with Gasteiger partial charge in [0.2, 0.25) is 5.78 Å². The summed E-state index contributed by atoms with van der Waals surface area (Å²) in [6.45, 7) is 2.14. The quantitative estimate of drug-likeness (QED) is 0.177. The number of hydrogen-bond donors (Lipinski definition) is 6. The maximum atomic E-state index is 14.1. The average Bonchev–Trinajstić information content (AvgIpc) is 2.92. The SMILES string of the molecule is CCCCCOC(=O)NCc1cc(N(C)C)c2c(c1O)C(O)=C1C(=O)[C@@]3(O)C(O)=C(C(N)=O)C(=O)[C@H](N(C)C)[C@H]3C[C@H]1C2. The van der Waals surface area contributed by atoms with Crippen LogP contribution in [0.15, 0.2) is 23.0 Å². The van der Waals surface area contributed by atoms with Crippen molar-refractivity contribution >= 4 is 35.0 Å². The Balaban J connectivity index is 1.81. The highest BCUT2D eigenvalue weighted by atomic mass is 16.5. The number of ketones is 2. The van der Waals surface area contributed by atoms with Gasteiger partial charge >= 0.3 is 6.09 Å². The highest BCUT2D eigenvalue weighted by Gasteiger charge is 2.64. The molecular weight excluding hydrogens is 560 g/mol.